The summed E-state index contributed by atoms with van der Waals surface area (Å²) in [6.07, 6.45) is 0.556. The number of nitrogens with one attached hydrogen (secondary N) is 1. The van der Waals surface area contributed by atoms with Crippen LogP contribution in [0.5, 0.6) is 0 Å². The standard InChI is InChI=1S/C16H22N2O.ClH/c1-11-3-4-12(2)13(5-11)6-16(19)18-9-14-7-17-8-15(14)10-18;/h3-5,14-15,17H,6-10H2,1-2H3;1H/t14-,15+;. The molecule has 2 aliphatic heterocycles. The largest absolute Gasteiger partial charge is 0.342 e. The summed E-state index contributed by atoms with van der Waals surface area (Å²) in [6.45, 7) is 8.22. The third-order valence-electron chi connectivity index (χ3n) is 4.59. The number of hydrogen-bond donors (Lipinski definition) is 1. The maximum Gasteiger partial charge on any atom is 0.227 e. The first-order chi connectivity index (χ1) is 9.13. The van der Waals surface area contributed by atoms with Gasteiger partial charge in [0, 0.05) is 26.2 Å². The van der Waals surface area contributed by atoms with Gasteiger partial charge in [0.25, 0.3) is 0 Å². The van der Waals surface area contributed by atoms with Crippen molar-refractivity contribution in [1.82, 2.24) is 10.2 Å². The first-order valence-corrected chi connectivity index (χ1v) is 7.18. The summed E-state index contributed by atoms with van der Waals surface area (Å²) in [4.78, 5) is 14.5. The predicted molar refractivity (Wildman–Crippen MR) is 83.3 cm³/mol. The Morgan fingerprint density at radius 3 is 2.55 bits per heavy atom. The Hall–Kier alpha value is -1.06. The quantitative estimate of drug-likeness (QED) is 0.904. The lowest BCUT2D eigenvalue weighted by atomic mass is 10.0. The second-order valence-corrected chi connectivity index (χ2v) is 6.08. The zero-order chi connectivity index (χ0) is 13.4. The molecule has 1 aromatic carbocycles. The monoisotopic (exact) mass is 294 g/mol. The maximum absolute atomic E-state index is 12.4. The van der Waals surface area contributed by atoms with Crippen molar-refractivity contribution < 1.29 is 4.79 Å². The summed E-state index contributed by atoms with van der Waals surface area (Å²) in [6, 6.07) is 6.36. The summed E-state index contributed by atoms with van der Waals surface area (Å²) < 4.78 is 0. The number of amides is 1. The molecule has 0 spiro atoms. The van der Waals surface area contributed by atoms with Gasteiger partial charge in [-0.15, -0.1) is 12.4 Å². The third kappa shape index (κ3) is 2.99. The van der Waals surface area contributed by atoms with Crippen LogP contribution in [0.4, 0.5) is 0 Å². The van der Waals surface area contributed by atoms with Crippen LogP contribution < -0.4 is 5.32 Å². The van der Waals surface area contributed by atoms with Crippen molar-refractivity contribution in [2.45, 2.75) is 20.3 Å². The van der Waals surface area contributed by atoms with E-state index in [4.69, 9.17) is 0 Å². The Morgan fingerprint density at radius 2 is 1.90 bits per heavy atom. The number of nitrogens with zero attached hydrogens (tertiary/aromatic N) is 1. The van der Waals surface area contributed by atoms with Gasteiger partial charge in [-0.3, -0.25) is 4.79 Å². The van der Waals surface area contributed by atoms with E-state index in [-0.39, 0.29) is 12.4 Å². The number of rotatable bonds is 2. The van der Waals surface area contributed by atoms with Gasteiger partial charge in [-0.05, 0) is 36.8 Å². The molecule has 0 radical (unpaired) electrons. The zero-order valence-electron chi connectivity index (χ0n) is 12.2. The molecule has 2 fully saturated rings. The van der Waals surface area contributed by atoms with E-state index in [0.29, 0.717) is 24.2 Å². The Balaban J connectivity index is 0.00000147. The number of fused-ring (bicyclic) bond motifs is 1. The fourth-order valence-electron chi connectivity index (χ4n) is 3.32. The molecule has 2 aliphatic rings. The first kappa shape index (κ1) is 15.3. The van der Waals surface area contributed by atoms with E-state index >= 15 is 0 Å². The SMILES string of the molecule is Cc1ccc(C)c(CC(=O)N2C[C@H]3CNC[C@H]3C2)c1.Cl. The molecule has 1 amide bonds. The highest BCUT2D eigenvalue weighted by Crippen LogP contribution is 2.27. The van der Waals surface area contributed by atoms with Gasteiger partial charge in [-0.2, -0.15) is 0 Å². The van der Waals surface area contributed by atoms with Crippen LogP contribution in [-0.4, -0.2) is 37.0 Å². The van der Waals surface area contributed by atoms with Crippen LogP contribution in [0.2, 0.25) is 0 Å². The third-order valence-corrected chi connectivity index (χ3v) is 4.59. The molecule has 0 unspecified atom stereocenters. The lowest BCUT2D eigenvalue weighted by molar-refractivity contribution is -0.129. The first-order valence-electron chi connectivity index (χ1n) is 7.18. The molecule has 2 atom stereocenters. The summed E-state index contributed by atoms with van der Waals surface area (Å²) >= 11 is 0. The fraction of sp³-hybridized carbons (Fsp3) is 0.562. The average molecular weight is 295 g/mol. The highest BCUT2D eigenvalue weighted by molar-refractivity contribution is 5.85. The van der Waals surface area contributed by atoms with Crippen molar-refractivity contribution in [3.8, 4) is 0 Å². The Labute approximate surface area is 127 Å². The summed E-state index contributed by atoms with van der Waals surface area (Å²) in [5.41, 5.74) is 3.64. The Morgan fingerprint density at radius 1 is 1.25 bits per heavy atom. The van der Waals surface area contributed by atoms with E-state index in [1.165, 1.54) is 16.7 Å². The smallest absolute Gasteiger partial charge is 0.227 e. The van der Waals surface area contributed by atoms with Gasteiger partial charge < -0.3 is 10.2 Å². The second-order valence-electron chi connectivity index (χ2n) is 6.08. The van der Waals surface area contributed by atoms with Crippen LogP contribution in [-0.2, 0) is 11.2 Å². The Bertz CT molecular complexity index is 491. The van der Waals surface area contributed by atoms with Gasteiger partial charge in [0.1, 0.15) is 0 Å². The normalized spacial score (nSPS) is 24.4. The van der Waals surface area contributed by atoms with E-state index in [2.05, 4.69) is 42.3 Å². The highest BCUT2D eigenvalue weighted by Gasteiger charge is 2.37. The molecule has 4 heteroatoms. The van der Waals surface area contributed by atoms with E-state index < -0.39 is 0 Å². The zero-order valence-corrected chi connectivity index (χ0v) is 13.0. The van der Waals surface area contributed by atoms with Crippen molar-refractivity contribution in [2.24, 2.45) is 11.8 Å². The van der Waals surface area contributed by atoms with Crippen molar-refractivity contribution in [3.05, 3.63) is 34.9 Å². The molecule has 2 saturated heterocycles. The molecule has 110 valence electrons. The molecular weight excluding hydrogens is 272 g/mol. The average Bonchev–Trinajstić information content (AvgIpc) is 2.94. The molecule has 1 aromatic rings. The number of aryl methyl sites for hydroxylation is 2. The second kappa shape index (κ2) is 6.15. The van der Waals surface area contributed by atoms with Crippen molar-refractivity contribution in [2.75, 3.05) is 26.2 Å². The number of likely N-dealkylation sites (tertiary alicyclic amines) is 1. The number of hydrogen-bond acceptors (Lipinski definition) is 2. The summed E-state index contributed by atoms with van der Waals surface area (Å²) in [5, 5.41) is 3.41. The molecule has 0 bridgehead atoms. The highest BCUT2D eigenvalue weighted by atomic mass is 35.5. The fourth-order valence-corrected chi connectivity index (χ4v) is 3.32. The van der Waals surface area contributed by atoms with Gasteiger partial charge in [0.05, 0.1) is 6.42 Å². The molecule has 20 heavy (non-hydrogen) atoms. The topological polar surface area (TPSA) is 32.3 Å². The van der Waals surface area contributed by atoms with Crippen LogP contribution in [0.25, 0.3) is 0 Å². The minimum Gasteiger partial charge on any atom is -0.342 e. The molecule has 2 heterocycles. The lowest BCUT2D eigenvalue weighted by Gasteiger charge is -2.18. The molecular formula is C16H23ClN2O. The predicted octanol–water partition coefficient (Wildman–Crippen LogP) is 1.95. The van der Waals surface area contributed by atoms with Crippen LogP contribution in [0, 0.1) is 25.7 Å². The van der Waals surface area contributed by atoms with E-state index in [9.17, 15) is 4.79 Å². The number of carbonyl (C=O) groups excluding carboxylic acids is 1. The van der Waals surface area contributed by atoms with Crippen molar-refractivity contribution in [3.63, 3.8) is 0 Å². The van der Waals surface area contributed by atoms with Gasteiger partial charge in [-0.1, -0.05) is 23.8 Å². The molecule has 3 nitrogen and oxygen atoms in total. The molecule has 0 saturated carbocycles. The van der Waals surface area contributed by atoms with E-state index in [1.807, 2.05) is 0 Å². The van der Waals surface area contributed by atoms with Crippen LogP contribution in [0.3, 0.4) is 0 Å². The van der Waals surface area contributed by atoms with Crippen LogP contribution in [0.15, 0.2) is 18.2 Å². The number of halogens is 1. The van der Waals surface area contributed by atoms with Gasteiger partial charge in [0.15, 0.2) is 0 Å². The summed E-state index contributed by atoms with van der Waals surface area (Å²) in [7, 11) is 0. The molecule has 1 N–H and O–H groups in total. The Kier molecular flexibility index (Phi) is 4.71. The van der Waals surface area contributed by atoms with E-state index in [1.54, 1.807) is 0 Å². The molecule has 0 aliphatic carbocycles. The van der Waals surface area contributed by atoms with Gasteiger partial charge >= 0.3 is 0 Å². The number of benzene rings is 1. The van der Waals surface area contributed by atoms with Gasteiger partial charge in [0.2, 0.25) is 5.91 Å². The minimum atomic E-state index is 0. The van der Waals surface area contributed by atoms with Crippen LogP contribution >= 0.6 is 12.4 Å². The van der Waals surface area contributed by atoms with E-state index in [0.717, 1.165) is 26.2 Å². The van der Waals surface area contributed by atoms with Crippen LogP contribution in [0.1, 0.15) is 16.7 Å². The molecule has 0 aromatic heterocycles. The molecule has 3 rings (SSSR count). The lowest BCUT2D eigenvalue weighted by Crippen LogP contribution is -2.33. The van der Waals surface area contributed by atoms with Crippen molar-refractivity contribution in [1.29, 1.82) is 0 Å². The van der Waals surface area contributed by atoms with Crippen molar-refractivity contribution >= 4 is 18.3 Å². The maximum atomic E-state index is 12.4. The van der Waals surface area contributed by atoms with Gasteiger partial charge in [-0.25, -0.2) is 0 Å². The summed E-state index contributed by atoms with van der Waals surface area (Å²) in [5.74, 6) is 1.66. The number of carbonyl (C=O) groups is 1. The minimum absolute atomic E-state index is 0.